The van der Waals surface area contributed by atoms with E-state index in [0.717, 1.165) is 6.42 Å². The van der Waals surface area contributed by atoms with E-state index in [-0.39, 0.29) is 40.7 Å². The number of benzene rings is 2. The van der Waals surface area contributed by atoms with E-state index in [4.69, 9.17) is 0 Å². The zero-order chi connectivity index (χ0) is 11.8. The Balaban J connectivity index is 0.00000120. The van der Waals surface area contributed by atoms with Crippen LogP contribution in [0.4, 0.5) is 0 Å². The molecule has 0 amide bonds. The van der Waals surface area contributed by atoms with Gasteiger partial charge in [0.25, 0.3) is 0 Å². The second-order valence-electron chi connectivity index (χ2n) is 5.21. The van der Waals surface area contributed by atoms with Gasteiger partial charge in [-0.05, 0) is 0 Å². The molecule has 0 nitrogen and oxygen atoms in total. The molecule has 106 valence electrons. The summed E-state index contributed by atoms with van der Waals surface area (Å²) >= 11 is 0. The minimum Gasteiger partial charge on any atom is -0.358 e. The fourth-order valence-corrected chi connectivity index (χ4v) is 2.67. The molecule has 3 aromatic carbocycles. The van der Waals surface area contributed by atoms with Crippen molar-refractivity contribution in [2.75, 3.05) is 0 Å². The number of rotatable bonds is 2. The average Bonchev–Trinajstić information content (AvgIpc) is 2.72. The van der Waals surface area contributed by atoms with E-state index in [9.17, 15) is 0 Å². The first-order valence-electron chi connectivity index (χ1n) is 6.32. The molecule has 0 aromatic heterocycles. The fourth-order valence-electron chi connectivity index (χ4n) is 2.67. The number of hydrogen-bond donors (Lipinski definition) is 0. The maximum Gasteiger partial charge on any atom is 0 e. The summed E-state index contributed by atoms with van der Waals surface area (Å²) in [6.07, 6.45) is 1.16. The van der Waals surface area contributed by atoms with Crippen LogP contribution in [0.15, 0.2) is 48.5 Å². The Morgan fingerprint density at radius 2 is 1.55 bits per heavy atom. The first kappa shape index (κ1) is 19.2. The summed E-state index contributed by atoms with van der Waals surface area (Å²) in [4.78, 5) is 0. The molecular formula is C19H23Hf-3. The van der Waals surface area contributed by atoms with Crippen LogP contribution in [0.2, 0.25) is 0 Å². The Bertz CT molecular complexity index is 662. The first-order chi connectivity index (χ1) is 8.25. The maximum atomic E-state index is 2.29. The predicted octanol–water partition coefficient (Wildman–Crippen LogP) is 5.81. The molecule has 0 heterocycles. The van der Waals surface area contributed by atoms with Crippen LogP contribution in [0.5, 0.6) is 0 Å². The molecule has 0 unspecified atom stereocenters. The topological polar surface area (TPSA) is 0 Å². The van der Waals surface area contributed by atoms with Crippen molar-refractivity contribution in [3.05, 3.63) is 68.9 Å². The van der Waals surface area contributed by atoms with Crippen LogP contribution in [0.3, 0.4) is 0 Å². The Hall–Kier alpha value is -0.820. The van der Waals surface area contributed by atoms with Crippen molar-refractivity contribution in [1.82, 2.24) is 0 Å². The zero-order valence-corrected chi connectivity index (χ0v) is 16.5. The second-order valence-corrected chi connectivity index (χ2v) is 5.21. The molecule has 3 rings (SSSR count). The number of hydrogen-bond acceptors (Lipinski definition) is 0. The molecule has 0 aliphatic heterocycles. The van der Waals surface area contributed by atoms with Gasteiger partial charge in [-0.25, -0.2) is 0 Å². The largest absolute Gasteiger partial charge is 0.358 e. The van der Waals surface area contributed by atoms with Gasteiger partial charge in [-0.1, -0.05) is 67.3 Å². The van der Waals surface area contributed by atoms with E-state index < -0.39 is 0 Å². The summed E-state index contributed by atoms with van der Waals surface area (Å²) in [6, 6.07) is 17.7. The SMILES string of the molecule is CC(C)C[c-]1ccc2ccc3ccccc3c21.[CH3-].[CH3-].[Hf]. The molecule has 0 fully saturated rings. The van der Waals surface area contributed by atoms with E-state index in [0.29, 0.717) is 5.92 Å². The second kappa shape index (κ2) is 7.83. The standard InChI is InChI=1S/C17H17.2CH3.Hf/c1-12(2)11-15-10-9-14-8-7-13-5-3-4-6-16(13)17(14)15;;;/h3-10,12H,11H2,1-2H3;2*1H3;/q3*-1;. The van der Waals surface area contributed by atoms with Gasteiger partial charge < -0.3 is 14.9 Å². The van der Waals surface area contributed by atoms with Crippen LogP contribution < -0.4 is 0 Å². The molecule has 0 saturated carbocycles. The van der Waals surface area contributed by atoms with E-state index >= 15 is 0 Å². The molecule has 0 aliphatic rings. The summed E-state index contributed by atoms with van der Waals surface area (Å²) in [6.45, 7) is 4.56. The first-order valence-corrected chi connectivity index (χ1v) is 6.32. The van der Waals surface area contributed by atoms with Crippen LogP contribution in [0, 0.1) is 20.8 Å². The molecule has 20 heavy (non-hydrogen) atoms. The van der Waals surface area contributed by atoms with Gasteiger partial charge in [0, 0.05) is 25.8 Å². The van der Waals surface area contributed by atoms with Crippen molar-refractivity contribution in [2.45, 2.75) is 20.3 Å². The molecule has 0 saturated heterocycles. The summed E-state index contributed by atoms with van der Waals surface area (Å²) in [5, 5.41) is 5.57. The minimum absolute atomic E-state index is 0. The number of fused-ring (bicyclic) bond motifs is 3. The van der Waals surface area contributed by atoms with Crippen LogP contribution in [0.1, 0.15) is 19.4 Å². The predicted molar refractivity (Wildman–Crippen MR) is 88.4 cm³/mol. The monoisotopic (exact) mass is 431 g/mol. The molecule has 0 aliphatic carbocycles. The fraction of sp³-hybridized carbons (Fsp3) is 0.211. The van der Waals surface area contributed by atoms with E-state index in [1.165, 1.54) is 27.1 Å². The molecule has 0 radical (unpaired) electrons. The summed E-state index contributed by atoms with van der Waals surface area (Å²) in [7, 11) is 0. The van der Waals surface area contributed by atoms with Crippen molar-refractivity contribution in [2.24, 2.45) is 5.92 Å². The van der Waals surface area contributed by atoms with Gasteiger partial charge in [-0.3, -0.25) is 0 Å². The van der Waals surface area contributed by atoms with E-state index in [2.05, 4.69) is 62.4 Å². The Morgan fingerprint density at radius 1 is 0.900 bits per heavy atom. The smallest absolute Gasteiger partial charge is 0 e. The molecule has 0 atom stereocenters. The third-order valence-electron chi connectivity index (χ3n) is 3.37. The Labute approximate surface area is 142 Å². The normalized spacial score (nSPS) is 9.95. The van der Waals surface area contributed by atoms with Crippen molar-refractivity contribution in [3.63, 3.8) is 0 Å². The van der Waals surface area contributed by atoms with Crippen molar-refractivity contribution in [3.8, 4) is 0 Å². The van der Waals surface area contributed by atoms with Crippen molar-refractivity contribution < 1.29 is 25.8 Å². The van der Waals surface area contributed by atoms with Crippen LogP contribution >= 0.6 is 0 Å². The molecule has 3 aromatic rings. The van der Waals surface area contributed by atoms with Crippen molar-refractivity contribution >= 4 is 21.5 Å². The van der Waals surface area contributed by atoms with E-state index in [1.807, 2.05) is 0 Å². The molecule has 0 bridgehead atoms. The van der Waals surface area contributed by atoms with Gasteiger partial charge in [0.05, 0.1) is 0 Å². The summed E-state index contributed by atoms with van der Waals surface area (Å²) < 4.78 is 0. The summed E-state index contributed by atoms with van der Waals surface area (Å²) in [5.74, 6) is 0.708. The quantitative estimate of drug-likeness (QED) is 0.356. The van der Waals surface area contributed by atoms with Gasteiger partial charge in [0.2, 0.25) is 0 Å². The van der Waals surface area contributed by atoms with Crippen molar-refractivity contribution in [1.29, 1.82) is 0 Å². The van der Waals surface area contributed by atoms with Gasteiger partial charge in [-0.2, -0.15) is 6.07 Å². The van der Waals surface area contributed by atoms with Crippen LogP contribution in [-0.2, 0) is 32.3 Å². The molecule has 0 spiro atoms. The van der Waals surface area contributed by atoms with E-state index in [1.54, 1.807) is 0 Å². The van der Waals surface area contributed by atoms with Gasteiger partial charge in [0.15, 0.2) is 0 Å². The summed E-state index contributed by atoms with van der Waals surface area (Å²) in [5.41, 5.74) is 1.49. The third-order valence-corrected chi connectivity index (χ3v) is 3.37. The average molecular weight is 430 g/mol. The zero-order valence-electron chi connectivity index (χ0n) is 12.9. The third kappa shape index (κ3) is 3.44. The van der Waals surface area contributed by atoms with Crippen LogP contribution in [0.25, 0.3) is 21.5 Å². The molecular weight excluding hydrogens is 407 g/mol. The minimum atomic E-state index is 0. The van der Waals surface area contributed by atoms with Crippen LogP contribution in [-0.4, -0.2) is 0 Å². The Morgan fingerprint density at radius 3 is 2.25 bits per heavy atom. The van der Waals surface area contributed by atoms with Gasteiger partial charge >= 0.3 is 0 Å². The maximum absolute atomic E-state index is 2.29. The van der Waals surface area contributed by atoms with Gasteiger partial charge in [-0.15, -0.1) is 28.5 Å². The molecule has 1 heteroatoms. The Kier molecular flexibility index (Phi) is 7.51. The molecule has 0 N–H and O–H groups in total. The van der Waals surface area contributed by atoms with Gasteiger partial charge in [0.1, 0.15) is 0 Å².